The van der Waals surface area contributed by atoms with Crippen molar-refractivity contribution < 1.29 is 19.7 Å². The number of hydrogen-bond donors (Lipinski definition) is 3. The van der Waals surface area contributed by atoms with E-state index < -0.39 is 18.3 Å². The number of nitrogens with one attached hydrogen (secondary N) is 1. The Balaban J connectivity index is 2.00. The number of ether oxygens (including phenoxy) is 1. The summed E-state index contributed by atoms with van der Waals surface area (Å²) < 4.78 is 5.17. The number of carboxylic acids is 1. The summed E-state index contributed by atoms with van der Waals surface area (Å²) in [7, 11) is 0. The molecule has 2 aromatic carbocycles. The number of nitrogens with zero attached hydrogens (tertiary/aromatic N) is 1. The number of aliphatic carboxylic acids is 1. The van der Waals surface area contributed by atoms with Crippen LogP contribution < -0.4 is 10.4 Å². The maximum atomic E-state index is 12.0. The average Bonchev–Trinajstić information content (AvgIpc) is 2.62. The molecule has 3 aromatic rings. The highest BCUT2D eigenvalue weighted by Crippen LogP contribution is 2.27. The lowest BCUT2D eigenvalue weighted by Gasteiger charge is -2.08. The van der Waals surface area contributed by atoms with E-state index in [1.807, 2.05) is 0 Å². The van der Waals surface area contributed by atoms with Gasteiger partial charge in [-0.05, 0) is 48.9 Å². The van der Waals surface area contributed by atoms with Crippen LogP contribution in [-0.4, -0.2) is 32.8 Å². The molecule has 0 aliphatic heterocycles. The van der Waals surface area contributed by atoms with Crippen molar-refractivity contribution in [3.63, 3.8) is 0 Å². The molecule has 7 nitrogen and oxygen atoms in total. The molecule has 0 spiro atoms. The first-order valence-corrected chi connectivity index (χ1v) is 7.79. The summed E-state index contributed by atoms with van der Waals surface area (Å²) in [6.07, 6.45) is 0. The molecule has 1 aromatic heterocycles. The molecule has 3 N–H and O–H groups in total. The minimum absolute atomic E-state index is 0.169. The zero-order chi connectivity index (χ0) is 18.7. The van der Waals surface area contributed by atoms with Crippen LogP contribution in [0.5, 0.6) is 11.5 Å². The van der Waals surface area contributed by atoms with Crippen LogP contribution in [0.15, 0.2) is 53.3 Å². The summed E-state index contributed by atoms with van der Waals surface area (Å²) in [5.74, 6) is -0.524. The summed E-state index contributed by atoms with van der Waals surface area (Å²) in [5, 5.41) is 18.4. The Labute approximate surface area is 148 Å². The van der Waals surface area contributed by atoms with Gasteiger partial charge in [-0.1, -0.05) is 12.1 Å². The molecule has 0 aliphatic carbocycles. The molecule has 132 valence electrons. The lowest BCUT2D eigenvalue weighted by Crippen LogP contribution is -2.12. The van der Waals surface area contributed by atoms with Gasteiger partial charge in [0.1, 0.15) is 11.5 Å². The summed E-state index contributed by atoms with van der Waals surface area (Å²) in [6.45, 7) is 1.31. The molecule has 0 bridgehead atoms. The molecule has 0 aliphatic rings. The smallest absolute Gasteiger partial charge is 0.345 e. The summed E-state index contributed by atoms with van der Waals surface area (Å²) >= 11 is 0. The summed E-state index contributed by atoms with van der Waals surface area (Å²) in [4.78, 5) is 29.3. The van der Waals surface area contributed by atoms with Gasteiger partial charge in [0, 0.05) is 11.1 Å². The molecule has 0 atom stereocenters. The maximum absolute atomic E-state index is 12.0. The second-order valence-electron chi connectivity index (χ2n) is 5.70. The lowest BCUT2D eigenvalue weighted by molar-refractivity contribution is -0.139. The van der Waals surface area contributed by atoms with Gasteiger partial charge in [0.05, 0.1) is 11.4 Å². The van der Waals surface area contributed by atoms with Crippen LogP contribution >= 0.6 is 0 Å². The number of carbonyl (C=O) groups is 1. The van der Waals surface area contributed by atoms with E-state index in [-0.39, 0.29) is 5.75 Å². The van der Waals surface area contributed by atoms with Gasteiger partial charge in [0.2, 0.25) is 0 Å². The summed E-state index contributed by atoms with van der Waals surface area (Å²) in [6, 6.07) is 13.4. The van der Waals surface area contributed by atoms with Crippen LogP contribution in [0.25, 0.3) is 22.5 Å². The number of aryl methyl sites for hydroxylation is 1. The van der Waals surface area contributed by atoms with E-state index in [0.29, 0.717) is 33.8 Å². The van der Waals surface area contributed by atoms with Crippen molar-refractivity contribution in [1.82, 2.24) is 9.97 Å². The highest BCUT2D eigenvalue weighted by Gasteiger charge is 2.09. The van der Waals surface area contributed by atoms with E-state index in [9.17, 15) is 14.7 Å². The molecule has 3 rings (SSSR count). The number of phenolic OH excluding ortho intramolecular Hbond substituents is 1. The predicted octanol–water partition coefficient (Wildman–Crippen LogP) is 2.58. The van der Waals surface area contributed by atoms with E-state index in [4.69, 9.17) is 9.84 Å². The van der Waals surface area contributed by atoms with Gasteiger partial charge < -0.3 is 19.9 Å². The minimum Gasteiger partial charge on any atom is -0.508 e. The first kappa shape index (κ1) is 17.2. The largest absolute Gasteiger partial charge is 0.508 e. The zero-order valence-electron chi connectivity index (χ0n) is 13.9. The van der Waals surface area contributed by atoms with Crippen molar-refractivity contribution >= 4 is 5.97 Å². The van der Waals surface area contributed by atoms with E-state index in [0.717, 1.165) is 0 Å². The van der Waals surface area contributed by atoms with Crippen LogP contribution in [-0.2, 0) is 4.79 Å². The van der Waals surface area contributed by atoms with Crippen LogP contribution in [0, 0.1) is 6.92 Å². The van der Waals surface area contributed by atoms with Gasteiger partial charge in [0.15, 0.2) is 6.61 Å². The van der Waals surface area contributed by atoms with Gasteiger partial charge in [-0.3, -0.25) is 0 Å². The Morgan fingerprint density at radius 3 is 2.69 bits per heavy atom. The van der Waals surface area contributed by atoms with Gasteiger partial charge in [-0.2, -0.15) is 4.98 Å². The molecule has 0 saturated heterocycles. The number of H-pyrrole nitrogens is 1. The standard InChI is InChI=1S/C19H16N2O5/c1-11-7-13(5-6-17(11)22)16-9-15(20-19(25)21-16)12-3-2-4-14(8-12)26-10-18(23)24/h2-9,22H,10H2,1H3,(H,23,24)(H,20,21,25). The first-order chi connectivity index (χ1) is 12.4. The molecule has 0 amide bonds. The molecule has 0 unspecified atom stereocenters. The second-order valence-corrected chi connectivity index (χ2v) is 5.70. The van der Waals surface area contributed by atoms with Crippen molar-refractivity contribution in [2.75, 3.05) is 6.61 Å². The Hall–Kier alpha value is -3.61. The fraction of sp³-hybridized carbons (Fsp3) is 0.105. The highest BCUT2D eigenvalue weighted by atomic mass is 16.5. The Bertz CT molecular complexity index is 1030. The Morgan fingerprint density at radius 2 is 1.96 bits per heavy atom. The summed E-state index contributed by atoms with van der Waals surface area (Å²) in [5.41, 5.74) is 2.50. The zero-order valence-corrected chi connectivity index (χ0v) is 13.9. The minimum atomic E-state index is -1.07. The number of benzene rings is 2. The predicted molar refractivity (Wildman–Crippen MR) is 95.3 cm³/mol. The number of aromatic amines is 1. The molecule has 1 heterocycles. The Kier molecular flexibility index (Phi) is 4.70. The van der Waals surface area contributed by atoms with Crippen molar-refractivity contribution in [3.05, 3.63) is 64.6 Å². The number of carboxylic acid groups (broad SMARTS) is 1. The van der Waals surface area contributed by atoms with Crippen LogP contribution in [0.3, 0.4) is 0 Å². The molecule has 0 radical (unpaired) electrons. The number of phenols is 1. The number of rotatable bonds is 5. The van der Waals surface area contributed by atoms with E-state index in [2.05, 4.69) is 9.97 Å². The Morgan fingerprint density at radius 1 is 1.15 bits per heavy atom. The van der Waals surface area contributed by atoms with Gasteiger partial charge in [-0.25, -0.2) is 9.59 Å². The molecule has 0 fully saturated rings. The highest BCUT2D eigenvalue weighted by molar-refractivity contribution is 5.70. The van der Waals surface area contributed by atoms with Gasteiger partial charge >= 0.3 is 11.7 Å². The van der Waals surface area contributed by atoms with E-state index in [1.54, 1.807) is 55.5 Å². The van der Waals surface area contributed by atoms with Gasteiger partial charge in [-0.15, -0.1) is 0 Å². The van der Waals surface area contributed by atoms with Crippen molar-refractivity contribution in [1.29, 1.82) is 0 Å². The average molecular weight is 352 g/mol. The SMILES string of the molecule is Cc1cc(-c2cc(-c3cccc(OCC(=O)O)c3)[nH]c(=O)n2)ccc1O. The lowest BCUT2D eigenvalue weighted by atomic mass is 10.1. The van der Waals surface area contributed by atoms with Crippen molar-refractivity contribution in [2.45, 2.75) is 6.92 Å². The monoisotopic (exact) mass is 352 g/mol. The van der Waals surface area contributed by atoms with Crippen LogP contribution in [0.1, 0.15) is 5.56 Å². The molecular formula is C19H16N2O5. The number of hydrogen-bond acceptors (Lipinski definition) is 5. The van der Waals surface area contributed by atoms with E-state index >= 15 is 0 Å². The number of aromatic nitrogens is 2. The third-order valence-electron chi connectivity index (χ3n) is 3.74. The fourth-order valence-electron chi connectivity index (χ4n) is 2.47. The quantitative estimate of drug-likeness (QED) is 0.650. The third kappa shape index (κ3) is 3.89. The normalized spacial score (nSPS) is 10.5. The van der Waals surface area contributed by atoms with E-state index in [1.165, 1.54) is 0 Å². The van der Waals surface area contributed by atoms with Gasteiger partial charge in [0.25, 0.3) is 0 Å². The number of aromatic hydroxyl groups is 1. The van der Waals surface area contributed by atoms with Crippen LogP contribution in [0.2, 0.25) is 0 Å². The maximum Gasteiger partial charge on any atom is 0.345 e. The fourth-order valence-corrected chi connectivity index (χ4v) is 2.47. The molecular weight excluding hydrogens is 336 g/mol. The molecule has 26 heavy (non-hydrogen) atoms. The topological polar surface area (TPSA) is 113 Å². The van der Waals surface area contributed by atoms with Crippen molar-refractivity contribution in [3.8, 4) is 34.0 Å². The van der Waals surface area contributed by atoms with Crippen molar-refractivity contribution in [2.24, 2.45) is 0 Å². The third-order valence-corrected chi connectivity index (χ3v) is 3.74. The second kappa shape index (κ2) is 7.10. The first-order valence-electron chi connectivity index (χ1n) is 7.79. The molecule has 7 heteroatoms. The molecule has 0 saturated carbocycles. The van der Waals surface area contributed by atoms with Crippen LogP contribution in [0.4, 0.5) is 0 Å².